The molecule has 0 saturated carbocycles. The Bertz CT molecular complexity index is 333. The van der Waals surface area contributed by atoms with E-state index in [4.69, 9.17) is 5.11 Å². The number of benzene rings is 1. The average Bonchev–Trinajstić information content (AvgIpc) is 2.28. The minimum absolute atomic E-state index is 0.211. The fourth-order valence-corrected chi connectivity index (χ4v) is 1.10. The standard InChI is InChI=1S/C9H10O2.C4H8O2/c10-9(11)7-6-8-4-2-1-3-5-8;1-3-6-4(2)5/h1-5H,6-7H2,(H,10,11);3H2,1-2H3. The summed E-state index contributed by atoms with van der Waals surface area (Å²) in [6.45, 7) is 3.65. The van der Waals surface area contributed by atoms with E-state index in [0.29, 0.717) is 13.0 Å². The van der Waals surface area contributed by atoms with Crippen molar-refractivity contribution in [1.29, 1.82) is 0 Å². The molecule has 4 nitrogen and oxygen atoms in total. The second-order valence-corrected chi connectivity index (χ2v) is 3.30. The summed E-state index contributed by atoms with van der Waals surface area (Å²) in [6.07, 6.45) is 0.834. The van der Waals surface area contributed by atoms with Crippen molar-refractivity contribution in [3.05, 3.63) is 35.9 Å². The van der Waals surface area contributed by atoms with Gasteiger partial charge in [0.15, 0.2) is 0 Å². The topological polar surface area (TPSA) is 63.6 Å². The number of aryl methyl sites for hydroxylation is 1. The monoisotopic (exact) mass is 238 g/mol. The van der Waals surface area contributed by atoms with Crippen molar-refractivity contribution in [3.8, 4) is 0 Å². The molecule has 0 fully saturated rings. The maximum Gasteiger partial charge on any atom is 0.303 e. The van der Waals surface area contributed by atoms with Crippen LogP contribution in [0.25, 0.3) is 0 Å². The van der Waals surface area contributed by atoms with Gasteiger partial charge in [-0.25, -0.2) is 0 Å². The normalized spacial score (nSPS) is 8.82. The molecule has 0 aliphatic heterocycles. The zero-order valence-electron chi connectivity index (χ0n) is 10.2. The fraction of sp³-hybridized carbons (Fsp3) is 0.385. The first kappa shape index (κ1) is 15.2. The van der Waals surface area contributed by atoms with Crippen molar-refractivity contribution in [2.45, 2.75) is 26.7 Å². The van der Waals surface area contributed by atoms with Crippen LogP contribution in [-0.4, -0.2) is 23.7 Å². The lowest BCUT2D eigenvalue weighted by molar-refractivity contribution is -0.140. The molecule has 0 aliphatic carbocycles. The van der Waals surface area contributed by atoms with Crippen LogP contribution in [0.3, 0.4) is 0 Å². The summed E-state index contributed by atoms with van der Waals surface area (Å²) in [5, 5.41) is 8.37. The van der Waals surface area contributed by atoms with E-state index in [1.807, 2.05) is 30.3 Å². The van der Waals surface area contributed by atoms with Crippen molar-refractivity contribution < 1.29 is 19.4 Å². The summed E-state index contributed by atoms with van der Waals surface area (Å²) < 4.78 is 4.40. The number of rotatable bonds is 4. The van der Waals surface area contributed by atoms with E-state index in [1.54, 1.807) is 6.92 Å². The number of aliphatic carboxylic acids is 1. The molecule has 0 atom stereocenters. The highest BCUT2D eigenvalue weighted by molar-refractivity contribution is 5.67. The minimum Gasteiger partial charge on any atom is -0.481 e. The quantitative estimate of drug-likeness (QED) is 0.817. The number of carboxylic acids is 1. The lowest BCUT2D eigenvalue weighted by atomic mass is 10.1. The average molecular weight is 238 g/mol. The number of esters is 1. The highest BCUT2D eigenvalue weighted by Gasteiger charge is 1.96. The summed E-state index contributed by atoms with van der Waals surface area (Å²) in [5.74, 6) is -0.952. The smallest absolute Gasteiger partial charge is 0.303 e. The minimum atomic E-state index is -0.742. The Morgan fingerprint density at radius 1 is 1.24 bits per heavy atom. The van der Waals surface area contributed by atoms with Gasteiger partial charge in [-0.05, 0) is 18.9 Å². The van der Waals surface area contributed by atoms with Crippen LogP contribution in [0.1, 0.15) is 25.8 Å². The van der Waals surface area contributed by atoms with Gasteiger partial charge in [-0.3, -0.25) is 9.59 Å². The summed E-state index contributed by atoms with van der Waals surface area (Å²) in [6, 6.07) is 9.62. The Morgan fingerprint density at radius 3 is 2.18 bits per heavy atom. The van der Waals surface area contributed by atoms with Crippen LogP contribution >= 0.6 is 0 Å². The third-order valence-corrected chi connectivity index (χ3v) is 1.82. The van der Waals surface area contributed by atoms with Crippen LogP contribution in [-0.2, 0) is 20.7 Å². The molecule has 0 amide bonds. The molecule has 1 aromatic rings. The molecule has 0 heterocycles. The van der Waals surface area contributed by atoms with Crippen LogP contribution in [0.5, 0.6) is 0 Å². The zero-order valence-corrected chi connectivity index (χ0v) is 10.2. The number of carboxylic acid groups (broad SMARTS) is 1. The van der Waals surface area contributed by atoms with Gasteiger partial charge in [0.1, 0.15) is 0 Å². The first-order valence-corrected chi connectivity index (χ1v) is 5.45. The highest BCUT2D eigenvalue weighted by Crippen LogP contribution is 2.01. The lowest BCUT2D eigenvalue weighted by Gasteiger charge is -1.95. The molecular weight excluding hydrogens is 220 g/mol. The van der Waals surface area contributed by atoms with E-state index in [2.05, 4.69) is 4.74 Å². The predicted octanol–water partition coefficient (Wildman–Crippen LogP) is 2.27. The second kappa shape index (κ2) is 9.39. The van der Waals surface area contributed by atoms with Crippen molar-refractivity contribution in [1.82, 2.24) is 0 Å². The molecule has 1 aromatic carbocycles. The third kappa shape index (κ3) is 10.4. The molecule has 94 valence electrons. The van der Waals surface area contributed by atoms with Gasteiger partial charge >= 0.3 is 11.9 Å². The second-order valence-electron chi connectivity index (χ2n) is 3.30. The van der Waals surface area contributed by atoms with Crippen molar-refractivity contribution >= 4 is 11.9 Å². The van der Waals surface area contributed by atoms with Crippen LogP contribution in [0.4, 0.5) is 0 Å². The maximum atomic E-state index is 10.2. The van der Waals surface area contributed by atoms with Gasteiger partial charge in [0.25, 0.3) is 0 Å². The molecule has 17 heavy (non-hydrogen) atoms. The van der Waals surface area contributed by atoms with Gasteiger partial charge in [0.2, 0.25) is 0 Å². The summed E-state index contributed by atoms with van der Waals surface area (Å²) in [5.41, 5.74) is 1.08. The molecule has 0 bridgehead atoms. The number of ether oxygens (including phenoxy) is 1. The number of hydrogen-bond donors (Lipinski definition) is 1. The number of hydrogen-bond acceptors (Lipinski definition) is 3. The summed E-state index contributed by atoms with van der Waals surface area (Å²) >= 11 is 0. The molecule has 0 saturated heterocycles. The number of carbonyl (C=O) groups is 2. The van der Waals surface area contributed by atoms with Gasteiger partial charge in [0.05, 0.1) is 6.61 Å². The van der Waals surface area contributed by atoms with Crippen LogP contribution in [0.2, 0.25) is 0 Å². The van der Waals surface area contributed by atoms with E-state index in [0.717, 1.165) is 5.56 Å². The Morgan fingerprint density at radius 2 is 1.82 bits per heavy atom. The molecule has 1 rings (SSSR count). The lowest BCUT2D eigenvalue weighted by Crippen LogP contribution is -1.96. The van der Waals surface area contributed by atoms with Crippen molar-refractivity contribution in [3.63, 3.8) is 0 Å². The first-order chi connectivity index (χ1) is 8.06. The van der Waals surface area contributed by atoms with E-state index in [9.17, 15) is 9.59 Å². The molecule has 4 heteroatoms. The maximum absolute atomic E-state index is 10.2. The largest absolute Gasteiger partial charge is 0.481 e. The van der Waals surface area contributed by atoms with E-state index >= 15 is 0 Å². The van der Waals surface area contributed by atoms with Gasteiger partial charge < -0.3 is 9.84 Å². The van der Waals surface area contributed by atoms with Crippen LogP contribution in [0.15, 0.2) is 30.3 Å². The van der Waals surface area contributed by atoms with Gasteiger partial charge in [-0.2, -0.15) is 0 Å². The van der Waals surface area contributed by atoms with Crippen LogP contribution < -0.4 is 0 Å². The zero-order chi connectivity index (χ0) is 13.1. The first-order valence-electron chi connectivity index (χ1n) is 5.45. The predicted molar refractivity (Wildman–Crippen MR) is 64.7 cm³/mol. The molecule has 1 N–H and O–H groups in total. The third-order valence-electron chi connectivity index (χ3n) is 1.82. The Labute approximate surface area is 101 Å². The van der Waals surface area contributed by atoms with E-state index < -0.39 is 5.97 Å². The summed E-state index contributed by atoms with van der Waals surface area (Å²) in [7, 11) is 0. The van der Waals surface area contributed by atoms with E-state index in [1.165, 1.54) is 6.92 Å². The highest BCUT2D eigenvalue weighted by atomic mass is 16.5. The molecule has 0 aromatic heterocycles. The van der Waals surface area contributed by atoms with Crippen molar-refractivity contribution in [2.24, 2.45) is 0 Å². The van der Waals surface area contributed by atoms with Crippen molar-refractivity contribution in [2.75, 3.05) is 6.61 Å². The van der Waals surface area contributed by atoms with Gasteiger partial charge in [0, 0.05) is 13.3 Å². The Balaban J connectivity index is 0.000000366. The molecule has 0 aliphatic rings. The summed E-state index contributed by atoms with van der Waals surface area (Å²) in [4.78, 5) is 20.0. The van der Waals surface area contributed by atoms with E-state index in [-0.39, 0.29) is 12.4 Å². The Kier molecular flexibility index (Phi) is 8.37. The van der Waals surface area contributed by atoms with Gasteiger partial charge in [-0.15, -0.1) is 0 Å². The van der Waals surface area contributed by atoms with Crippen LogP contribution in [0, 0.1) is 0 Å². The fourth-order valence-electron chi connectivity index (χ4n) is 1.10. The Hall–Kier alpha value is -1.84. The SMILES string of the molecule is CCOC(C)=O.O=C(O)CCc1ccccc1. The van der Waals surface area contributed by atoms with Gasteiger partial charge in [-0.1, -0.05) is 30.3 Å². The number of carbonyl (C=O) groups excluding carboxylic acids is 1. The molecular formula is C13H18O4. The molecule has 0 radical (unpaired) electrons. The molecule has 0 unspecified atom stereocenters. The molecule has 0 spiro atoms.